The third-order valence-electron chi connectivity index (χ3n) is 3.46. The Kier molecular flexibility index (Phi) is 4.62. The number of halogens is 1. The van der Waals surface area contributed by atoms with Crippen molar-refractivity contribution in [3.05, 3.63) is 52.6 Å². The van der Waals surface area contributed by atoms with E-state index < -0.39 is 18.4 Å². The van der Waals surface area contributed by atoms with Crippen LogP contribution in [-0.2, 0) is 4.79 Å². The Labute approximate surface area is 150 Å². The molecule has 0 aliphatic heterocycles. The fourth-order valence-electron chi connectivity index (χ4n) is 2.32. The van der Waals surface area contributed by atoms with E-state index in [1.807, 2.05) is 30.3 Å². The van der Waals surface area contributed by atoms with Crippen LogP contribution < -0.4 is 5.32 Å². The molecule has 0 fully saturated rings. The van der Waals surface area contributed by atoms with E-state index in [2.05, 4.69) is 31.2 Å². The largest absolute Gasteiger partial charge is 0.506 e. The van der Waals surface area contributed by atoms with Gasteiger partial charge in [-0.05, 0) is 22.0 Å². The Morgan fingerprint density at radius 3 is 2.60 bits per heavy atom. The molecule has 0 saturated heterocycles. The number of nitrogens with zero attached hydrogens (tertiary/aromatic N) is 2. The maximum absolute atomic E-state index is 12.4. The smallest absolute Gasteiger partial charge is 0.322 e. The summed E-state index contributed by atoms with van der Waals surface area (Å²) in [6, 6.07) is 10.8. The highest BCUT2D eigenvalue weighted by Gasteiger charge is 2.21. The van der Waals surface area contributed by atoms with Gasteiger partial charge < -0.3 is 15.5 Å². The molecule has 7 nitrogen and oxygen atoms in total. The third kappa shape index (κ3) is 3.43. The van der Waals surface area contributed by atoms with E-state index in [0.29, 0.717) is 11.2 Å². The number of carboxylic acid groups (broad SMARTS) is 1. The Hall–Kier alpha value is -3.00. The lowest BCUT2D eigenvalue weighted by Gasteiger charge is -2.11. The molecule has 0 aliphatic carbocycles. The summed E-state index contributed by atoms with van der Waals surface area (Å²) >= 11 is 3.16. The number of aromatic hydroxyl groups is 1. The van der Waals surface area contributed by atoms with E-state index in [1.165, 1.54) is 0 Å². The van der Waals surface area contributed by atoms with Gasteiger partial charge in [0.1, 0.15) is 23.4 Å². The van der Waals surface area contributed by atoms with Crippen molar-refractivity contribution >= 4 is 38.8 Å². The van der Waals surface area contributed by atoms with E-state index in [1.54, 1.807) is 12.3 Å². The van der Waals surface area contributed by atoms with Crippen molar-refractivity contribution in [2.45, 2.75) is 0 Å². The van der Waals surface area contributed by atoms with Crippen LogP contribution >= 0.6 is 15.9 Å². The first-order valence-corrected chi connectivity index (χ1v) is 8.00. The van der Waals surface area contributed by atoms with E-state index in [4.69, 9.17) is 5.11 Å². The second-order valence-electron chi connectivity index (χ2n) is 5.15. The molecule has 1 heterocycles. The summed E-state index contributed by atoms with van der Waals surface area (Å²) in [6.07, 6.45) is 1.57. The molecule has 0 saturated carbocycles. The van der Waals surface area contributed by atoms with Gasteiger partial charge in [0.15, 0.2) is 0 Å². The summed E-state index contributed by atoms with van der Waals surface area (Å²) in [4.78, 5) is 31.8. The van der Waals surface area contributed by atoms with Crippen LogP contribution in [-0.4, -0.2) is 38.6 Å². The summed E-state index contributed by atoms with van der Waals surface area (Å²) < 4.78 is 0.266. The minimum absolute atomic E-state index is 0.129. The number of carbonyl (C=O) groups is 2. The van der Waals surface area contributed by atoms with Crippen LogP contribution in [0.15, 0.2) is 47.1 Å². The molecule has 3 rings (SSSR count). The number of phenols is 1. The van der Waals surface area contributed by atoms with E-state index in [9.17, 15) is 14.7 Å². The van der Waals surface area contributed by atoms with Gasteiger partial charge in [-0.15, -0.1) is 0 Å². The monoisotopic (exact) mass is 401 g/mol. The van der Waals surface area contributed by atoms with Crippen molar-refractivity contribution in [3.63, 3.8) is 0 Å². The molecule has 3 N–H and O–H groups in total. The number of aliphatic carboxylic acids is 1. The zero-order valence-corrected chi connectivity index (χ0v) is 14.3. The molecule has 2 aromatic carbocycles. The van der Waals surface area contributed by atoms with Crippen molar-refractivity contribution in [3.8, 4) is 17.0 Å². The zero-order valence-electron chi connectivity index (χ0n) is 12.7. The number of aromatic nitrogens is 2. The number of benzene rings is 2. The highest BCUT2D eigenvalue weighted by Crippen LogP contribution is 2.34. The number of hydrogen-bond acceptors (Lipinski definition) is 5. The van der Waals surface area contributed by atoms with Crippen molar-refractivity contribution < 1.29 is 19.8 Å². The summed E-state index contributed by atoms with van der Waals surface area (Å²) in [5, 5.41) is 21.2. The van der Waals surface area contributed by atoms with Gasteiger partial charge in [-0.3, -0.25) is 14.6 Å². The molecule has 1 aromatic heterocycles. The van der Waals surface area contributed by atoms with Crippen molar-refractivity contribution in [2.24, 2.45) is 0 Å². The highest BCUT2D eigenvalue weighted by atomic mass is 79.9. The average molecular weight is 402 g/mol. The molecule has 0 atom stereocenters. The molecule has 0 bridgehead atoms. The first-order valence-electron chi connectivity index (χ1n) is 7.21. The number of carbonyl (C=O) groups excluding carboxylic acids is 1. The molecule has 126 valence electrons. The first kappa shape index (κ1) is 16.8. The van der Waals surface area contributed by atoms with E-state index in [0.717, 1.165) is 5.56 Å². The van der Waals surface area contributed by atoms with Gasteiger partial charge in [0.25, 0.3) is 5.91 Å². The minimum Gasteiger partial charge on any atom is -0.506 e. The number of rotatable bonds is 4. The lowest BCUT2D eigenvalue weighted by molar-refractivity contribution is -0.135. The van der Waals surface area contributed by atoms with Gasteiger partial charge in [-0.25, -0.2) is 4.98 Å². The van der Waals surface area contributed by atoms with Gasteiger partial charge in [0.05, 0.1) is 21.9 Å². The Morgan fingerprint density at radius 1 is 1.20 bits per heavy atom. The minimum atomic E-state index is -1.19. The van der Waals surface area contributed by atoms with Crippen LogP contribution in [0.2, 0.25) is 0 Å². The maximum atomic E-state index is 12.4. The molecule has 0 unspecified atom stereocenters. The Balaban J connectivity index is 2.17. The van der Waals surface area contributed by atoms with Gasteiger partial charge in [-0.1, -0.05) is 30.3 Å². The molecule has 25 heavy (non-hydrogen) atoms. The predicted octanol–water partition coefficient (Wildman–Crippen LogP) is 2.58. The molecule has 0 radical (unpaired) electrons. The molecule has 0 aliphatic rings. The third-order valence-corrected chi connectivity index (χ3v) is 4.07. The van der Waals surface area contributed by atoms with Crippen molar-refractivity contribution in [2.75, 3.05) is 6.54 Å². The second kappa shape index (κ2) is 6.86. The fourth-order valence-corrected chi connectivity index (χ4v) is 2.73. The fraction of sp³-hybridized carbons (Fsp3) is 0.0588. The number of amides is 1. The van der Waals surface area contributed by atoms with Crippen LogP contribution in [0.5, 0.6) is 5.75 Å². The van der Waals surface area contributed by atoms with E-state index in [-0.39, 0.29) is 21.3 Å². The maximum Gasteiger partial charge on any atom is 0.322 e. The Morgan fingerprint density at radius 2 is 1.92 bits per heavy atom. The number of phenolic OH excluding ortho intramolecular Hbond substituents is 1. The Bertz CT molecular complexity index is 977. The van der Waals surface area contributed by atoms with Crippen LogP contribution in [0.3, 0.4) is 0 Å². The van der Waals surface area contributed by atoms with Gasteiger partial charge >= 0.3 is 5.97 Å². The predicted molar refractivity (Wildman–Crippen MR) is 94.3 cm³/mol. The molecular formula is C17H12BrN3O4. The van der Waals surface area contributed by atoms with Crippen LogP contribution in [0, 0.1) is 0 Å². The molecular weight excluding hydrogens is 390 g/mol. The average Bonchev–Trinajstić information content (AvgIpc) is 2.61. The first-order chi connectivity index (χ1) is 12.0. The van der Waals surface area contributed by atoms with Gasteiger partial charge in [-0.2, -0.15) is 0 Å². The van der Waals surface area contributed by atoms with Crippen LogP contribution in [0.1, 0.15) is 10.4 Å². The van der Waals surface area contributed by atoms with Crippen LogP contribution in [0.25, 0.3) is 22.3 Å². The molecule has 1 amide bonds. The van der Waals surface area contributed by atoms with Gasteiger partial charge in [0.2, 0.25) is 0 Å². The second-order valence-corrected chi connectivity index (χ2v) is 6.00. The lowest BCUT2D eigenvalue weighted by atomic mass is 10.1. The summed E-state index contributed by atoms with van der Waals surface area (Å²) in [6.45, 7) is -0.571. The SMILES string of the molecule is O=C(O)CNC(=O)c1c(O)c(Br)cc2ncc(-c3ccccc3)nc12. The topological polar surface area (TPSA) is 112 Å². The van der Waals surface area contributed by atoms with E-state index >= 15 is 0 Å². The molecule has 0 spiro atoms. The lowest BCUT2D eigenvalue weighted by Crippen LogP contribution is -2.29. The normalized spacial score (nSPS) is 10.6. The summed E-state index contributed by atoms with van der Waals surface area (Å²) in [5.74, 6) is -2.26. The van der Waals surface area contributed by atoms with Crippen molar-refractivity contribution in [1.29, 1.82) is 0 Å². The quantitative estimate of drug-likeness (QED) is 0.619. The zero-order chi connectivity index (χ0) is 18.0. The summed E-state index contributed by atoms with van der Waals surface area (Å²) in [5.41, 5.74) is 1.78. The standard InChI is InChI=1S/C17H12BrN3O4/c18-10-6-11-15(14(16(10)24)17(25)20-8-13(22)23)21-12(7-19-11)9-4-2-1-3-5-9/h1-7,24H,8H2,(H,20,25)(H,22,23). The molecule has 3 aromatic rings. The number of carboxylic acids is 1. The van der Waals surface area contributed by atoms with Gasteiger partial charge in [0, 0.05) is 5.56 Å². The molecule has 8 heteroatoms. The number of hydrogen-bond donors (Lipinski definition) is 3. The number of fused-ring (bicyclic) bond motifs is 1. The summed E-state index contributed by atoms with van der Waals surface area (Å²) in [7, 11) is 0. The highest BCUT2D eigenvalue weighted by molar-refractivity contribution is 9.10. The van der Waals surface area contributed by atoms with Crippen molar-refractivity contribution in [1.82, 2.24) is 15.3 Å². The van der Waals surface area contributed by atoms with Crippen LogP contribution in [0.4, 0.5) is 0 Å². The number of nitrogens with one attached hydrogen (secondary N) is 1.